The number of aromatic nitrogens is 2. The lowest BCUT2D eigenvalue weighted by Crippen LogP contribution is -1.87. The lowest BCUT2D eigenvalue weighted by atomic mass is 10.1. The number of hydrogen-bond donors (Lipinski definition) is 0. The molecule has 0 saturated carbocycles. The molecule has 23 heavy (non-hydrogen) atoms. The minimum atomic E-state index is 0.677. The van der Waals surface area contributed by atoms with Crippen LogP contribution in [0.4, 0.5) is 0 Å². The standard InChI is InChI=1S/C20H29N2O/c1-3-4-5-6-7-8-9-10-11-12-19-21-20(22-23-19)18-15-13-17(2)14-16-18/h13-16H,2-12H2,1H3. The van der Waals surface area contributed by atoms with Gasteiger partial charge in [-0.25, -0.2) is 0 Å². The number of benzene rings is 1. The van der Waals surface area contributed by atoms with E-state index in [4.69, 9.17) is 4.52 Å². The molecule has 3 nitrogen and oxygen atoms in total. The summed E-state index contributed by atoms with van der Waals surface area (Å²) in [5.41, 5.74) is 1.98. The maximum absolute atomic E-state index is 5.34. The van der Waals surface area contributed by atoms with Gasteiger partial charge in [-0.05, 0) is 18.9 Å². The Labute approximate surface area is 140 Å². The zero-order valence-electron chi connectivity index (χ0n) is 14.4. The van der Waals surface area contributed by atoms with Crippen LogP contribution in [-0.2, 0) is 6.42 Å². The molecule has 2 aromatic rings. The summed E-state index contributed by atoms with van der Waals surface area (Å²) in [6, 6.07) is 7.89. The highest BCUT2D eigenvalue weighted by Crippen LogP contribution is 2.17. The van der Waals surface area contributed by atoms with Crippen molar-refractivity contribution >= 4 is 0 Å². The van der Waals surface area contributed by atoms with E-state index in [1.807, 2.05) is 24.3 Å². The Bertz CT molecular complexity index is 545. The molecule has 2 rings (SSSR count). The lowest BCUT2D eigenvalue weighted by molar-refractivity contribution is 0.373. The lowest BCUT2D eigenvalue weighted by Gasteiger charge is -2.00. The first-order valence-electron chi connectivity index (χ1n) is 9.04. The summed E-state index contributed by atoms with van der Waals surface area (Å²) >= 11 is 0. The molecule has 3 heteroatoms. The van der Waals surface area contributed by atoms with Crippen LogP contribution in [0.25, 0.3) is 11.4 Å². The van der Waals surface area contributed by atoms with Crippen molar-refractivity contribution in [2.75, 3.05) is 0 Å². The Morgan fingerprint density at radius 1 is 0.870 bits per heavy atom. The first-order chi connectivity index (χ1) is 11.3. The van der Waals surface area contributed by atoms with Crippen molar-refractivity contribution in [3.63, 3.8) is 0 Å². The monoisotopic (exact) mass is 313 g/mol. The minimum Gasteiger partial charge on any atom is -0.339 e. The van der Waals surface area contributed by atoms with E-state index < -0.39 is 0 Å². The maximum Gasteiger partial charge on any atom is 0.226 e. The third-order valence-electron chi connectivity index (χ3n) is 4.17. The van der Waals surface area contributed by atoms with Crippen molar-refractivity contribution in [1.82, 2.24) is 10.1 Å². The molecule has 1 aromatic heterocycles. The molecule has 0 fully saturated rings. The molecule has 1 radical (unpaired) electrons. The van der Waals surface area contributed by atoms with Crippen LogP contribution in [0, 0.1) is 6.92 Å². The van der Waals surface area contributed by atoms with Crippen LogP contribution in [0.1, 0.15) is 76.2 Å². The van der Waals surface area contributed by atoms with Gasteiger partial charge in [0.15, 0.2) is 0 Å². The fourth-order valence-electron chi connectivity index (χ4n) is 2.71. The summed E-state index contributed by atoms with van der Waals surface area (Å²) in [4.78, 5) is 4.48. The van der Waals surface area contributed by atoms with Gasteiger partial charge in [-0.3, -0.25) is 0 Å². The molecule has 0 unspecified atom stereocenters. The van der Waals surface area contributed by atoms with Gasteiger partial charge in [-0.1, -0.05) is 87.7 Å². The van der Waals surface area contributed by atoms with Gasteiger partial charge in [0.2, 0.25) is 11.7 Å². The van der Waals surface area contributed by atoms with Crippen molar-refractivity contribution < 1.29 is 4.52 Å². The van der Waals surface area contributed by atoms with Crippen molar-refractivity contribution in [2.45, 2.75) is 71.1 Å². The van der Waals surface area contributed by atoms with Crippen LogP contribution >= 0.6 is 0 Å². The Hall–Kier alpha value is -1.64. The molecule has 0 amide bonds. The Morgan fingerprint density at radius 2 is 1.48 bits per heavy atom. The van der Waals surface area contributed by atoms with E-state index >= 15 is 0 Å². The summed E-state index contributed by atoms with van der Waals surface area (Å²) in [7, 11) is 0. The van der Waals surface area contributed by atoms with Crippen LogP contribution in [-0.4, -0.2) is 10.1 Å². The highest BCUT2D eigenvalue weighted by molar-refractivity contribution is 5.54. The SMILES string of the molecule is [CH2]c1ccc(-c2noc(CCCCCCCCCCC)n2)cc1. The Kier molecular flexibility index (Phi) is 7.85. The molecular formula is C20H29N2O. The second-order valence-corrected chi connectivity index (χ2v) is 6.29. The molecule has 0 N–H and O–H groups in total. The van der Waals surface area contributed by atoms with Crippen LogP contribution in [0.15, 0.2) is 28.8 Å². The van der Waals surface area contributed by atoms with Crippen molar-refractivity contribution in [1.29, 1.82) is 0 Å². The highest BCUT2D eigenvalue weighted by atomic mass is 16.5. The number of rotatable bonds is 11. The summed E-state index contributed by atoms with van der Waals surface area (Å²) in [6.45, 7) is 6.14. The average Bonchev–Trinajstić information content (AvgIpc) is 3.03. The molecule has 0 bridgehead atoms. The van der Waals surface area contributed by atoms with Gasteiger partial charge in [0.1, 0.15) is 0 Å². The molecule has 0 aliphatic carbocycles. The topological polar surface area (TPSA) is 38.9 Å². The van der Waals surface area contributed by atoms with Gasteiger partial charge in [-0.15, -0.1) is 0 Å². The summed E-state index contributed by atoms with van der Waals surface area (Å²) in [6.07, 6.45) is 12.8. The molecule has 0 saturated heterocycles. The first kappa shape index (κ1) is 17.7. The van der Waals surface area contributed by atoms with Crippen LogP contribution < -0.4 is 0 Å². The van der Waals surface area contributed by atoms with E-state index in [0.717, 1.165) is 29.9 Å². The van der Waals surface area contributed by atoms with Crippen LogP contribution in [0.3, 0.4) is 0 Å². The number of aryl methyl sites for hydroxylation is 1. The molecule has 125 valence electrons. The zero-order chi connectivity index (χ0) is 16.3. The quantitative estimate of drug-likeness (QED) is 0.478. The van der Waals surface area contributed by atoms with Crippen molar-refractivity contribution in [2.24, 2.45) is 0 Å². The molecule has 0 aliphatic heterocycles. The number of hydrogen-bond acceptors (Lipinski definition) is 3. The molecule has 0 spiro atoms. The fourth-order valence-corrected chi connectivity index (χ4v) is 2.71. The Balaban J connectivity index is 1.61. The second kappa shape index (κ2) is 10.2. The average molecular weight is 313 g/mol. The first-order valence-corrected chi connectivity index (χ1v) is 9.04. The summed E-state index contributed by atoms with van der Waals surface area (Å²) < 4.78 is 5.34. The second-order valence-electron chi connectivity index (χ2n) is 6.29. The third-order valence-corrected chi connectivity index (χ3v) is 4.17. The molecule has 0 atom stereocenters. The molecule has 0 aliphatic rings. The molecular weight excluding hydrogens is 284 g/mol. The van der Waals surface area contributed by atoms with E-state index in [2.05, 4.69) is 24.0 Å². The zero-order valence-corrected chi connectivity index (χ0v) is 14.4. The normalized spacial score (nSPS) is 11.0. The fraction of sp³-hybridized carbons (Fsp3) is 0.550. The number of nitrogens with zero attached hydrogens (tertiary/aromatic N) is 2. The summed E-state index contributed by atoms with van der Waals surface area (Å²) in [5.74, 6) is 1.43. The van der Waals surface area contributed by atoms with E-state index in [1.54, 1.807) is 0 Å². The van der Waals surface area contributed by atoms with Gasteiger partial charge < -0.3 is 4.52 Å². The molecule has 1 heterocycles. The maximum atomic E-state index is 5.34. The number of unbranched alkanes of at least 4 members (excludes halogenated alkanes) is 8. The van der Waals surface area contributed by atoms with Gasteiger partial charge in [0.05, 0.1) is 0 Å². The highest BCUT2D eigenvalue weighted by Gasteiger charge is 2.07. The van der Waals surface area contributed by atoms with E-state index in [9.17, 15) is 0 Å². The largest absolute Gasteiger partial charge is 0.339 e. The van der Waals surface area contributed by atoms with E-state index in [-0.39, 0.29) is 0 Å². The van der Waals surface area contributed by atoms with Gasteiger partial charge in [0, 0.05) is 12.0 Å². The van der Waals surface area contributed by atoms with Crippen LogP contribution in [0.2, 0.25) is 0 Å². The predicted molar refractivity (Wildman–Crippen MR) is 95.1 cm³/mol. The van der Waals surface area contributed by atoms with E-state index in [1.165, 1.54) is 51.4 Å². The predicted octanol–water partition coefficient (Wildman–Crippen LogP) is 5.99. The summed E-state index contributed by atoms with van der Waals surface area (Å²) in [5, 5.41) is 4.07. The van der Waals surface area contributed by atoms with Gasteiger partial charge in [0.25, 0.3) is 0 Å². The third kappa shape index (κ3) is 6.55. The van der Waals surface area contributed by atoms with Crippen molar-refractivity contribution in [3.05, 3.63) is 42.6 Å². The Morgan fingerprint density at radius 3 is 2.13 bits per heavy atom. The van der Waals surface area contributed by atoms with Gasteiger partial charge in [-0.2, -0.15) is 4.98 Å². The van der Waals surface area contributed by atoms with Gasteiger partial charge >= 0.3 is 0 Å². The van der Waals surface area contributed by atoms with Crippen molar-refractivity contribution in [3.8, 4) is 11.4 Å². The minimum absolute atomic E-state index is 0.677. The van der Waals surface area contributed by atoms with Crippen LogP contribution in [0.5, 0.6) is 0 Å². The van der Waals surface area contributed by atoms with E-state index in [0.29, 0.717) is 5.82 Å². The smallest absolute Gasteiger partial charge is 0.226 e. The molecule has 1 aromatic carbocycles.